The summed E-state index contributed by atoms with van der Waals surface area (Å²) in [6.45, 7) is 9.18. The highest BCUT2D eigenvalue weighted by Gasteiger charge is 2.54. The Bertz CT molecular complexity index is 921. The normalized spacial score (nSPS) is 29.7. The second-order valence-electron chi connectivity index (χ2n) is 8.77. The zero-order chi connectivity index (χ0) is 18.0. The lowest BCUT2D eigenvalue weighted by Crippen LogP contribution is -2.47. The fourth-order valence-corrected chi connectivity index (χ4v) is 6.15. The molecule has 26 heavy (non-hydrogen) atoms. The van der Waals surface area contributed by atoms with E-state index in [9.17, 15) is 0 Å². The maximum absolute atomic E-state index is 2.42. The van der Waals surface area contributed by atoms with Crippen LogP contribution in [0.2, 0.25) is 0 Å². The van der Waals surface area contributed by atoms with E-state index in [0.29, 0.717) is 5.92 Å². The van der Waals surface area contributed by atoms with Crippen molar-refractivity contribution in [2.24, 2.45) is 23.7 Å². The van der Waals surface area contributed by atoms with Gasteiger partial charge in [-0.2, -0.15) is 0 Å². The van der Waals surface area contributed by atoms with Gasteiger partial charge in [0, 0.05) is 0 Å². The number of hydrogen-bond acceptors (Lipinski definition) is 0. The number of rotatable bonds is 2. The van der Waals surface area contributed by atoms with Gasteiger partial charge in [-0.05, 0) is 86.5 Å². The summed E-state index contributed by atoms with van der Waals surface area (Å²) in [4.78, 5) is 0. The van der Waals surface area contributed by atoms with Gasteiger partial charge in [-0.15, -0.1) is 0 Å². The van der Waals surface area contributed by atoms with Crippen molar-refractivity contribution in [3.8, 4) is 0 Å². The molecule has 0 aliphatic heterocycles. The van der Waals surface area contributed by atoms with Crippen LogP contribution >= 0.6 is 0 Å². The number of fused-ring (bicyclic) bond motifs is 1. The van der Waals surface area contributed by atoms with E-state index in [4.69, 9.17) is 0 Å². The SMILES string of the molecule is CC1=C(c2ccc(C)cc2)C2CCC1C1C(C)=C(c3ccc(C)cc3)C21. The number of benzene rings is 2. The molecule has 0 N–H and O–H groups in total. The van der Waals surface area contributed by atoms with Crippen LogP contribution < -0.4 is 0 Å². The van der Waals surface area contributed by atoms with E-state index in [-0.39, 0.29) is 0 Å². The van der Waals surface area contributed by atoms with E-state index in [2.05, 4.69) is 76.2 Å². The van der Waals surface area contributed by atoms with Crippen LogP contribution in [0, 0.1) is 37.5 Å². The Morgan fingerprint density at radius 1 is 0.538 bits per heavy atom. The van der Waals surface area contributed by atoms with Gasteiger partial charge in [0.15, 0.2) is 0 Å². The Labute approximate surface area is 157 Å². The maximum atomic E-state index is 2.42. The van der Waals surface area contributed by atoms with Gasteiger partial charge >= 0.3 is 0 Å². The van der Waals surface area contributed by atoms with Gasteiger partial charge in [0.05, 0.1) is 0 Å². The van der Waals surface area contributed by atoms with Gasteiger partial charge in [-0.1, -0.05) is 70.8 Å². The minimum atomic E-state index is 0.702. The topological polar surface area (TPSA) is 0 Å². The Balaban J connectivity index is 1.59. The molecule has 4 aliphatic carbocycles. The van der Waals surface area contributed by atoms with Gasteiger partial charge in [0.25, 0.3) is 0 Å². The van der Waals surface area contributed by atoms with Gasteiger partial charge in [0.2, 0.25) is 0 Å². The van der Waals surface area contributed by atoms with Crippen molar-refractivity contribution in [1.29, 1.82) is 0 Å². The predicted octanol–water partition coefficient (Wildman–Crippen LogP) is 6.84. The Kier molecular flexibility index (Phi) is 3.54. The lowest BCUT2D eigenvalue weighted by Gasteiger charge is -2.58. The van der Waals surface area contributed by atoms with Crippen molar-refractivity contribution < 1.29 is 0 Å². The summed E-state index contributed by atoms with van der Waals surface area (Å²) in [6.07, 6.45) is 2.74. The summed E-state index contributed by atoms with van der Waals surface area (Å²) < 4.78 is 0. The third-order valence-corrected chi connectivity index (χ3v) is 7.38. The molecule has 0 radical (unpaired) electrons. The van der Waals surface area contributed by atoms with Gasteiger partial charge in [0.1, 0.15) is 0 Å². The average Bonchev–Trinajstić information content (AvgIpc) is 2.64. The minimum absolute atomic E-state index is 0.702. The second-order valence-corrected chi connectivity index (χ2v) is 8.77. The van der Waals surface area contributed by atoms with Crippen LogP contribution in [0.5, 0.6) is 0 Å². The van der Waals surface area contributed by atoms with Crippen molar-refractivity contribution in [3.05, 3.63) is 81.9 Å². The van der Waals surface area contributed by atoms with Crippen LogP contribution in [0.4, 0.5) is 0 Å². The summed E-state index contributed by atoms with van der Waals surface area (Å²) >= 11 is 0. The minimum Gasteiger partial charge on any atom is -0.0655 e. The Morgan fingerprint density at radius 2 is 1.04 bits per heavy atom. The lowest BCUT2D eigenvalue weighted by molar-refractivity contribution is 0.167. The van der Waals surface area contributed by atoms with Crippen molar-refractivity contribution in [2.45, 2.75) is 40.5 Å². The van der Waals surface area contributed by atoms with Gasteiger partial charge < -0.3 is 0 Å². The first-order valence-electron chi connectivity index (χ1n) is 10.1. The quantitative estimate of drug-likeness (QED) is 0.561. The zero-order valence-corrected chi connectivity index (χ0v) is 16.3. The summed E-state index contributed by atoms with van der Waals surface area (Å²) in [5.41, 5.74) is 12.3. The molecule has 0 nitrogen and oxygen atoms in total. The molecule has 4 unspecified atom stereocenters. The molecule has 1 fully saturated rings. The average molecular weight is 341 g/mol. The van der Waals surface area contributed by atoms with Crippen LogP contribution in [0.25, 0.3) is 11.1 Å². The number of allylic oxidation sites excluding steroid dienone is 4. The van der Waals surface area contributed by atoms with E-state index in [1.54, 1.807) is 22.3 Å². The van der Waals surface area contributed by atoms with E-state index < -0.39 is 0 Å². The molecule has 1 saturated carbocycles. The first-order chi connectivity index (χ1) is 12.6. The molecule has 2 bridgehead atoms. The fraction of sp³-hybridized carbons (Fsp3) is 0.385. The molecule has 0 saturated heterocycles. The number of aryl methyl sites for hydroxylation is 2. The maximum Gasteiger partial charge on any atom is -0.00159 e. The van der Waals surface area contributed by atoms with Crippen molar-refractivity contribution >= 4 is 11.1 Å². The van der Waals surface area contributed by atoms with Crippen molar-refractivity contribution in [2.75, 3.05) is 0 Å². The molecule has 132 valence electrons. The van der Waals surface area contributed by atoms with E-state index in [0.717, 1.165) is 17.8 Å². The molecule has 2 aromatic rings. The smallest absolute Gasteiger partial charge is 0.00159 e. The molecule has 0 heteroatoms. The van der Waals surface area contributed by atoms with Crippen LogP contribution in [0.3, 0.4) is 0 Å². The Morgan fingerprint density at radius 3 is 1.62 bits per heavy atom. The molecule has 4 aliphatic rings. The Hall–Kier alpha value is -2.08. The van der Waals surface area contributed by atoms with E-state index in [1.165, 1.54) is 35.1 Å². The summed E-state index contributed by atoms with van der Waals surface area (Å²) in [5.74, 6) is 2.99. The van der Waals surface area contributed by atoms with Gasteiger partial charge in [-0.25, -0.2) is 0 Å². The van der Waals surface area contributed by atoms with Crippen LogP contribution in [0.15, 0.2) is 59.7 Å². The molecule has 2 aromatic carbocycles. The molecular weight excluding hydrogens is 312 g/mol. The second kappa shape index (κ2) is 5.71. The third kappa shape index (κ3) is 2.14. The van der Waals surface area contributed by atoms with Crippen LogP contribution in [-0.2, 0) is 0 Å². The summed E-state index contributed by atoms with van der Waals surface area (Å²) in [5, 5.41) is 0. The zero-order valence-electron chi connectivity index (χ0n) is 16.3. The first kappa shape index (κ1) is 16.1. The third-order valence-electron chi connectivity index (χ3n) is 7.38. The summed E-state index contributed by atoms with van der Waals surface area (Å²) in [6, 6.07) is 18.5. The fourth-order valence-electron chi connectivity index (χ4n) is 6.15. The largest absolute Gasteiger partial charge is 0.0655 e. The molecule has 0 heterocycles. The predicted molar refractivity (Wildman–Crippen MR) is 111 cm³/mol. The lowest BCUT2D eigenvalue weighted by atomic mass is 9.46. The highest BCUT2D eigenvalue weighted by atomic mass is 14.6. The highest BCUT2D eigenvalue weighted by Crippen LogP contribution is 2.66. The highest BCUT2D eigenvalue weighted by molar-refractivity contribution is 5.84. The first-order valence-corrected chi connectivity index (χ1v) is 10.1. The van der Waals surface area contributed by atoms with Crippen molar-refractivity contribution in [3.63, 3.8) is 0 Å². The summed E-state index contributed by atoms with van der Waals surface area (Å²) in [7, 11) is 0. The molecule has 0 amide bonds. The molecule has 0 aromatic heterocycles. The molecule has 6 rings (SSSR count). The van der Waals surface area contributed by atoms with E-state index >= 15 is 0 Å². The van der Waals surface area contributed by atoms with Crippen molar-refractivity contribution in [1.82, 2.24) is 0 Å². The van der Waals surface area contributed by atoms with E-state index in [1.807, 2.05) is 0 Å². The molecular formula is C26H28. The standard InChI is InChI=1S/C26H28/c1-15-5-9-19(10-6-15)23-17(3)21-13-14-22(23)26-24(18(4)25(21)26)20-11-7-16(2)8-12-20/h5-12,21-22,25-26H,13-14H2,1-4H3. The van der Waals surface area contributed by atoms with Crippen LogP contribution in [0.1, 0.15) is 48.9 Å². The van der Waals surface area contributed by atoms with Crippen LogP contribution in [-0.4, -0.2) is 0 Å². The molecule has 4 atom stereocenters. The van der Waals surface area contributed by atoms with Gasteiger partial charge in [-0.3, -0.25) is 0 Å². The molecule has 0 spiro atoms. The number of hydrogen-bond donors (Lipinski definition) is 0. The monoisotopic (exact) mass is 340 g/mol.